The van der Waals surface area contributed by atoms with Crippen LogP contribution >= 0.6 is 0 Å². The summed E-state index contributed by atoms with van der Waals surface area (Å²) in [5.74, 6) is -1.76. The smallest absolute Gasteiger partial charge is 0.340 e. The number of carbonyl (C=O) groups is 3. The number of nitrogens with zero attached hydrogens (tertiary/aromatic N) is 1. The van der Waals surface area contributed by atoms with Crippen molar-refractivity contribution in [2.45, 2.75) is 20.8 Å². The van der Waals surface area contributed by atoms with Crippen LogP contribution in [0.1, 0.15) is 41.5 Å². The van der Waals surface area contributed by atoms with Crippen LogP contribution in [-0.4, -0.2) is 29.6 Å². The van der Waals surface area contributed by atoms with E-state index in [-0.39, 0.29) is 34.1 Å². The van der Waals surface area contributed by atoms with E-state index in [0.29, 0.717) is 5.57 Å². The Bertz CT molecular complexity index is 743. The molecule has 22 heavy (non-hydrogen) atoms. The fraction of sp³-hybridized carbons (Fsp3) is 0.250. The minimum absolute atomic E-state index is 0.0489. The summed E-state index contributed by atoms with van der Waals surface area (Å²) >= 11 is 0. The maximum absolute atomic E-state index is 12.5. The fourth-order valence-corrected chi connectivity index (χ4v) is 2.05. The van der Waals surface area contributed by atoms with Gasteiger partial charge in [-0.25, -0.2) is 9.78 Å². The number of hydrogen-bond acceptors (Lipinski definition) is 6. The number of allylic oxidation sites excluding steroid dienone is 3. The molecule has 0 spiro atoms. The Kier molecular flexibility index (Phi) is 4.21. The maximum atomic E-state index is 12.5. The molecule has 0 aromatic carbocycles. The highest BCUT2D eigenvalue weighted by molar-refractivity contribution is 6.26. The second kappa shape index (κ2) is 5.93. The summed E-state index contributed by atoms with van der Waals surface area (Å²) in [4.78, 5) is 40.5. The van der Waals surface area contributed by atoms with E-state index in [2.05, 4.69) is 4.98 Å². The van der Waals surface area contributed by atoms with Crippen molar-refractivity contribution in [3.8, 4) is 5.88 Å². The number of ketones is 2. The monoisotopic (exact) mass is 301 g/mol. The minimum Gasteiger partial charge on any atom is -0.492 e. The standard InChI is InChI=1S/C16H15NO5/c1-5-8(2)16(20)22-15-11-10(6-7-17-15)12(18)9(3)14(21-4)13(11)19/h5-7H,1-4H3. The van der Waals surface area contributed by atoms with Crippen LogP contribution in [0.2, 0.25) is 0 Å². The zero-order valence-corrected chi connectivity index (χ0v) is 12.7. The van der Waals surface area contributed by atoms with Crippen LogP contribution in [-0.2, 0) is 9.53 Å². The van der Waals surface area contributed by atoms with Crippen molar-refractivity contribution in [3.05, 3.63) is 46.4 Å². The van der Waals surface area contributed by atoms with Gasteiger partial charge in [0.25, 0.3) is 0 Å². The lowest BCUT2D eigenvalue weighted by Crippen LogP contribution is -2.24. The van der Waals surface area contributed by atoms with E-state index >= 15 is 0 Å². The molecule has 0 saturated heterocycles. The molecule has 0 bridgehead atoms. The summed E-state index contributed by atoms with van der Waals surface area (Å²) in [6.07, 6.45) is 2.90. The molecule has 0 unspecified atom stereocenters. The first-order chi connectivity index (χ1) is 10.4. The first kappa shape index (κ1) is 15.6. The number of aromatic nitrogens is 1. The van der Waals surface area contributed by atoms with Crippen molar-refractivity contribution in [3.63, 3.8) is 0 Å². The molecule has 0 amide bonds. The van der Waals surface area contributed by atoms with Crippen LogP contribution < -0.4 is 4.74 Å². The Morgan fingerprint density at radius 1 is 1.27 bits per heavy atom. The largest absolute Gasteiger partial charge is 0.492 e. The predicted molar refractivity (Wildman–Crippen MR) is 77.7 cm³/mol. The highest BCUT2D eigenvalue weighted by Gasteiger charge is 2.35. The molecule has 1 aliphatic carbocycles. The van der Waals surface area contributed by atoms with Crippen LogP contribution in [0.4, 0.5) is 0 Å². The van der Waals surface area contributed by atoms with Crippen LogP contribution in [0.3, 0.4) is 0 Å². The summed E-state index contributed by atoms with van der Waals surface area (Å²) < 4.78 is 10.1. The number of fused-ring (bicyclic) bond motifs is 1. The number of esters is 1. The number of methoxy groups -OCH3 is 1. The average Bonchev–Trinajstić information content (AvgIpc) is 2.52. The van der Waals surface area contributed by atoms with Crippen molar-refractivity contribution in [2.24, 2.45) is 0 Å². The molecule has 0 atom stereocenters. The molecule has 114 valence electrons. The van der Waals surface area contributed by atoms with Gasteiger partial charge >= 0.3 is 5.97 Å². The topological polar surface area (TPSA) is 82.6 Å². The zero-order chi connectivity index (χ0) is 16.4. The second-order valence-electron chi connectivity index (χ2n) is 4.72. The minimum atomic E-state index is -0.631. The lowest BCUT2D eigenvalue weighted by Gasteiger charge is -2.19. The third-order valence-corrected chi connectivity index (χ3v) is 3.42. The SMILES string of the molecule is CC=C(C)C(=O)Oc1nccc2c1C(=O)C(OC)=C(C)C2=O. The highest BCUT2D eigenvalue weighted by Crippen LogP contribution is 2.31. The predicted octanol–water partition coefficient (Wildman–Crippen LogP) is 2.25. The van der Waals surface area contributed by atoms with E-state index in [1.165, 1.54) is 26.3 Å². The van der Waals surface area contributed by atoms with Gasteiger partial charge in [0, 0.05) is 22.9 Å². The lowest BCUT2D eigenvalue weighted by atomic mass is 9.90. The molecule has 1 aromatic heterocycles. The van der Waals surface area contributed by atoms with Crippen molar-refractivity contribution in [1.82, 2.24) is 4.98 Å². The molecule has 1 heterocycles. The van der Waals surface area contributed by atoms with Gasteiger partial charge < -0.3 is 9.47 Å². The third kappa shape index (κ3) is 2.43. The van der Waals surface area contributed by atoms with Gasteiger partial charge in [-0.2, -0.15) is 0 Å². The molecule has 6 heteroatoms. The van der Waals surface area contributed by atoms with Gasteiger partial charge in [0.1, 0.15) is 0 Å². The van der Waals surface area contributed by atoms with E-state index in [9.17, 15) is 14.4 Å². The molecule has 6 nitrogen and oxygen atoms in total. The molecule has 0 saturated carbocycles. The number of ether oxygens (including phenoxy) is 2. The molecule has 1 aromatic rings. The van der Waals surface area contributed by atoms with Crippen molar-refractivity contribution >= 4 is 17.5 Å². The van der Waals surface area contributed by atoms with E-state index in [4.69, 9.17) is 9.47 Å². The van der Waals surface area contributed by atoms with Gasteiger partial charge in [-0.1, -0.05) is 6.08 Å². The van der Waals surface area contributed by atoms with Gasteiger partial charge in [0.15, 0.2) is 11.5 Å². The lowest BCUT2D eigenvalue weighted by molar-refractivity contribution is -0.130. The zero-order valence-electron chi connectivity index (χ0n) is 12.7. The Hall–Kier alpha value is -2.76. The highest BCUT2D eigenvalue weighted by atomic mass is 16.5. The number of carbonyl (C=O) groups excluding carboxylic acids is 3. The molecule has 0 N–H and O–H groups in total. The van der Waals surface area contributed by atoms with Crippen LogP contribution in [0.15, 0.2) is 35.2 Å². The van der Waals surface area contributed by atoms with E-state index < -0.39 is 11.8 Å². The molecular weight excluding hydrogens is 286 g/mol. The van der Waals surface area contributed by atoms with Crippen molar-refractivity contribution in [2.75, 3.05) is 7.11 Å². The molecule has 2 rings (SSSR count). The van der Waals surface area contributed by atoms with E-state index in [1.807, 2.05) is 0 Å². The molecule has 1 aliphatic rings. The van der Waals surface area contributed by atoms with Crippen molar-refractivity contribution < 1.29 is 23.9 Å². The third-order valence-electron chi connectivity index (χ3n) is 3.42. The van der Waals surface area contributed by atoms with E-state index in [0.717, 1.165) is 0 Å². The summed E-state index contributed by atoms with van der Waals surface area (Å²) in [6, 6.07) is 1.42. The first-order valence-electron chi connectivity index (χ1n) is 6.60. The van der Waals surface area contributed by atoms with Gasteiger partial charge in [-0.3, -0.25) is 9.59 Å². The number of pyridine rings is 1. The fourth-order valence-electron chi connectivity index (χ4n) is 2.05. The molecule has 0 radical (unpaired) electrons. The van der Waals surface area contributed by atoms with Crippen LogP contribution in [0, 0.1) is 0 Å². The first-order valence-corrected chi connectivity index (χ1v) is 6.60. The van der Waals surface area contributed by atoms with Gasteiger partial charge in [-0.15, -0.1) is 0 Å². The Morgan fingerprint density at radius 2 is 1.95 bits per heavy atom. The number of hydrogen-bond donors (Lipinski definition) is 0. The Balaban J connectivity index is 2.55. The summed E-state index contributed by atoms with van der Waals surface area (Å²) in [7, 11) is 1.31. The molecule has 0 aliphatic heterocycles. The van der Waals surface area contributed by atoms with E-state index in [1.54, 1.807) is 19.9 Å². The van der Waals surface area contributed by atoms with Gasteiger partial charge in [-0.05, 0) is 26.8 Å². The maximum Gasteiger partial charge on any atom is 0.340 e. The Labute approximate surface area is 127 Å². The van der Waals surface area contributed by atoms with Gasteiger partial charge in [0.2, 0.25) is 11.7 Å². The Morgan fingerprint density at radius 3 is 2.55 bits per heavy atom. The second-order valence-corrected chi connectivity index (χ2v) is 4.72. The van der Waals surface area contributed by atoms with Crippen LogP contribution in [0.25, 0.3) is 0 Å². The summed E-state index contributed by atoms with van der Waals surface area (Å²) in [6.45, 7) is 4.78. The normalized spacial score (nSPS) is 14.8. The number of Topliss-reactive ketones (excluding diaryl/α,β-unsaturated/α-hetero) is 2. The summed E-state index contributed by atoms with van der Waals surface area (Å²) in [5.41, 5.74) is 0.687. The molecular formula is C16H15NO5. The number of rotatable bonds is 3. The summed E-state index contributed by atoms with van der Waals surface area (Å²) in [5, 5.41) is 0. The molecule has 0 fully saturated rings. The quantitative estimate of drug-likeness (QED) is 0.629. The van der Waals surface area contributed by atoms with Crippen molar-refractivity contribution in [1.29, 1.82) is 0 Å². The van der Waals surface area contributed by atoms with Crippen LogP contribution in [0.5, 0.6) is 5.88 Å². The average molecular weight is 301 g/mol. The van der Waals surface area contributed by atoms with Gasteiger partial charge in [0.05, 0.1) is 12.7 Å².